The van der Waals surface area contributed by atoms with E-state index in [2.05, 4.69) is 10.3 Å². The normalized spacial score (nSPS) is 18.4. The number of rotatable bonds is 4. The number of aliphatic hydroxyl groups excluding tert-OH is 1. The van der Waals surface area contributed by atoms with Gasteiger partial charge in [0, 0.05) is 0 Å². The van der Waals surface area contributed by atoms with E-state index in [0.29, 0.717) is 12.2 Å². The summed E-state index contributed by atoms with van der Waals surface area (Å²) in [5, 5.41) is 17.7. The predicted molar refractivity (Wildman–Crippen MR) is 80.9 cm³/mol. The summed E-state index contributed by atoms with van der Waals surface area (Å²) in [5.41, 5.74) is 1.63. The number of hydrogen-bond acceptors (Lipinski definition) is 4. The van der Waals surface area contributed by atoms with Crippen molar-refractivity contribution < 1.29 is 9.90 Å². The van der Waals surface area contributed by atoms with Gasteiger partial charge in [-0.3, -0.25) is 4.79 Å². The Morgan fingerprint density at radius 3 is 2.55 bits per heavy atom. The number of aliphatic hydroxyl groups is 1. The topological polar surface area (TPSA) is 71.2 Å². The van der Waals surface area contributed by atoms with Crippen LogP contribution in [0.5, 0.6) is 0 Å². The molecule has 1 amide bonds. The molecule has 0 saturated carbocycles. The Morgan fingerprint density at radius 1 is 1.18 bits per heavy atom. The van der Waals surface area contributed by atoms with Crippen LogP contribution < -0.4 is 0 Å². The van der Waals surface area contributed by atoms with Gasteiger partial charge in [-0.15, -0.1) is 5.10 Å². The van der Waals surface area contributed by atoms with Gasteiger partial charge in [0.15, 0.2) is 6.23 Å². The first kappa shape index (κ1) is 15.0. The molecular formula is C14H12Cl2N4O2. The summed E-state index contributed by atoms with van der Waals surface area (Å²) in [6, 6.07) is 9.80. The van der Waals surface area contributed by atoms with Gasteiger partial charge < -0.3 is 10.0 Å². The van der Waals surface area contributed by atoms with Crippen LogP contribution in [0.15, 0.2) is 46.6 Å². The lowest BCUT2D eigenvalue weighted by molar-refractivity contribution is -0.132. The van der Waals surface area contributed by atoms with Crippen molar-refractivity contribution in [2.24, 2.45) is 0 Å². The van der Waals surface area contributed by atoms with Gasteiger partial charge in [-0.1, -0.05) is 58.7 Å². The highest BCUT2D eigenvalue weighted by Crippen LogP contribution is 2.30. The third kappa shape index (κ3) is 2.85. The molecule has 114 valence electrons. The molecule has 0 fully saturated rings. The highest BCUT2D eigenvalue weighted by atomic mass is 35.5. The summed E-state index contributed by atoms with van der Waals surface area (Å²) >= 11 is 11.5. The van der Waals surface area contributed by atoms with E-state index in [9.17, 15) is 9.90 Å². The summed E-state index contributed by atoms with van der Waals surface area (Å²) in [5.74, 6) is -0.517. The molecule has 0 spiro atoms. The van der Waals surface area contributed by atoms with Gasteiger partial charge in [-0.05, 0) is 5.56 Å². The molecule has 1 unspecified atom stereocenters. The van der Waals surface area contributed by atoms with Gasteiger partial charge in [0.05, 0.1) is 24.3 Å². The molecule has 2 aromatic rings. The Bertz CT molecular complexity index is 729. The first-order chi connectivity index (χ1) is 10.6. The Balaban J connectivity index is 1.69. The van der Waals surface area contributed by atoms with Crippen molar-refractivity contribution in [3.05, 3.63) is 57.9 Å². The highest BCUT2D eigenvalue weighted by molar-refractivity contribution is 6.49. The molecule has 1 atom stereocenters. The minimum Gasteiger partial charge on any atom is -0.368 e. The second-order valence-electron chi connectivity index (χ2n) is 4.86. The highest BCUT2D eigenvalue weighted by Gasteiger charge is 2.36. The van der Waals surface area contributed by atoms with E-state index in [1.807, 2.05) is 30.3 Å². The van der Waals surface area contributed by atoms with Crippen LogP contribution in [0.4, 0.5) is 0 Å². The van der Waals surface area contributed by atoms with Crippen molar-refractivity contribution in [2.45, 2.75) is 19.3 Å². The zero-order chi connectivity index (χ0) is 15.7. The van der Waals surface area contributed by atoms with E-state index in [1.165, 1.54) is 0 Å². The van der Waals surface area contributed by atoms with Crippen LogP contribution >= 0.6 is 23.2 Å². The van der Waals surface area contributed by atoms with Crippen LogP contribution in [0.25, 0.3) is 0 Å². The first-order valence-corrected chi connectivity index (χ1v) is 7.29. The third-order valence-corrected chi connectivity index (χ3v) is 4.13. The number of aromatic nitrogens is 3. The second-order valence-corrected chi connectivity index (χ2v) is 5.65. The van der Waals surface area contributed by atoms with E-state index in [-0.39, 0.29) is 16.6 Å². The molecule has 8 heteroatoms. The molecular weight excluding hydrogens is 327 g/mol. The number of halogens is 2. The van der Waals surface area contributed by atoms with Crippen LogP contribution in [-0.2, 0) is 17.9 Å². The second kappa shape index (κ2) is 6.08. The van der Waals surface area contributed by atoms with Gasteiger partial charge in [0.2, 0.25) is 0 Å². The molecule has 1 aromatic carbocycles. The van der Waals surface area contributed by atoms with Crippen molar-refractivity contribution >= 4 is 29.1 Å². The Morgan fingerprint density at radius 2 is 1.91 bits per heavy atom. The van der Waals surface area contributed by atoms with E-state index in [1.54, 1.807) is 10.9 Å². The fourth-order valence-corrected chi connectivity index (χ4v) is 2.59. The maximum absolute atomic E-state index is 11.9. The molecule has 1 aliphatic rings. The van der Waals surface area contributed by atoms with E-state index in [0.717, 1.165) is 10.5 Å². The van der Waals surface area contributed by atoms with Gasteiger partial charge in [-0.2, -0.15) is 0 Å². The molecule has 1 N–H and O–H groups in total. The van der Waals surface area contributed by atoms with Crippen molar-refractivity contribution in [3.8, 4) is 0 Å². The Kier molecular flexibility index (Phi) is 4.15. The van der Waals surface area contributed by atoms with Crippen LogP contribution in [-0.4, -0.2) is 37.1 Å². The van der Waals surface area contributed by atoms with Crippen LogP contribution in [0, 0.1) is 0 Å². The molecule has 22 heavy (non-hydrogen) atoms. The zero-order valence-corrected chi connectivity index (χ0v) is 12.9. The third-order valence-electron chi connectivity index (χ3n) is 3.29. The molecule has 3 rings (SSSR count). The Hall–Kier alpha value is -1.89. The molecule has 0 aliphatic carbocycles. The monoisotopic (exact) mass is 338 g/mol. The van der Waals surface area contributed by atoms with E-state index >= 15 is 0 Å². The standard InChI is InChI=1S/C14H12Cl2N4O2/c15-11-12(16)14(22)20(13(11)21)8-10-7-19(18-17-10)6-9-4-2-1-3-5-9/h1-5,7,13,21H,6,8H2. The summed E-state index contributed by atoms with van der Waals surface area (Å²) in [6.45, 7) is 0.658. The average molecular weight is 339 g/mol. The summed E-state index contributed by atoms with van der Waals surface area (Å²) < 4.78 is 1.66. The van der Waals surface area contributed by atoms with Crippen molar-refractivity contribution in [3.63, 3.8) is 0 Å². The molecule has 2 heterocycles. The summed E-state index contributed by atoms with van der Waals surface area (Å²) in [6.07, 6.45) is 0.480. The molecule has 0 bridgehead atoms. The molecule has 1 aliphatic heterocycles. The number of amides is 1. The van der Waals surface area contributed by atoms with E-state index in [4.69, 9.17) is 23.2 Å². The number of carbonyl (C=O) groups is 1. The van der Waals surface area contributed by atoms with Crippen LogP contribution in [0.3, 0.4) is 0 Å². The number of benzene rings is 1. The minimum absolute atomic E-state index is 0.0663. The number of nitrogens with zero attached hydrogens (tertiary/aromatic N) is 4. The molecule has 6 nitrogen and oxygen atoms in total. The van der Waals surface area contributed by atoms with Crippen LogP contribution in [0.1, 0.15) is 11.3 Å². The largest absolute Gasteiger partial charge is 0.368 e. The van der Waals surface area contributed by atoms with Crippen molar-refractivity contribution in [1.82, 2.24) is 19.9 Å². The minimum atomic E-state index is -1.24. The lowest BCUT2D eigenvalue weighted by Crippen LogP contribution is -2.34. The fourth-order valence-electron chi connectivity index (χ4n) is 2.18. The quantitative estimate of drug-likeness (QED) is 0.920. The number of carbonyl (C=O) groups excluding carboxylic acids is 1. The van der Waals surface area contributed by atoms with Crippen molar-refractivity contribution in [1.29, 1.82) is 0 Å². The molecule has 0 saturated heterocycles. The lowest BCUT2D eigenvalue weighted by atomic mass is 10.2. The average Bonchev–Trinajstić information content (AvgIpc) is 3.04. The first-order valence-electron chi connectivity index (χ1n) is 6.53. The predicted octanol–water partition coefficient (Wildman–Crippen LogP) is 1.68. The molecule has 0 radical (unpaired) electrons. The molecule has 1 aromatic heterocycles. The van der Waals surface area contributed by atoms with Gasteiger partial charge >= 0.3 is 0 Å². The van der Waals surface area contributed by atoms with Gasteiger partial charge in [-0.25, -0.2) is 4.68 Å². The maximum Gasteiger partial charge on any atom is 0.269 e. The van der Waals surface area contributed by atoms with Crippen LogP contribution in [0.2, 0.25) is 0 Å². The smallest absolute Gasteiger partial charge is 0.269 e. The summed E-state index contributed by atoms with van der Waals surface area (Å²) in [7, 11) is 0. The SMILES string of the molecule is O=C1C(Cl)=C(Cl)C(O)N1Cc1cn(Cc2ccccc2)nn1. The number of hydrogen-bond donors (Lipinski definition) is 1. The van der Waals surface area contributed by atoms with Gasteiger partial charge in [0.1, 0.15) is 10.7 Å². The Labute approximate surface area is 136 Å². The van der Waals surface area contributed by atoms with Gasteiger partial charge in [0.25, 0.3) is 5.91 Å². The van der Waals surface area contributed by atoms with E-state index < -0.39 is 12.1 Å². The zero-order valence-electron chi connectivity index (χ0n) is 11.4. The summed E-state index contributed by atoms with van der Waals surface area (Å²) in [4.78, 5) is 13.0. The maximum atomic E-state index is 11.9. The lowest BCUT2D eigenvalue weighted by Gasteiger charge is -2.19. The van der Waals surface area contributed by atoms with Crippen molar-refractivity contribution in [2.75, 3.05) is 0 Å². The fraction of sp³-hybridized carbons (Fsp3) is 0.214.